The van der Waals surface area contributed by atoms with E-state index >= 15 is 0 Å². The fraction of sp³-hybridized carbons (Fsp3) is 0.353. The van der Waals surface area contributed by atoms with Crippen LogP contribution in [-0.4, -0.2) is 60.8 Å². The van der Waals surface area contributed by atoms with E-state index in [4.69, 9.17) is 9.47 Å². The van der Waals surface area contributed by atoms with E-state index < -0.39 is 0 Å². The first-order valence-corrected chi connectivity index (χ1v) is 8.16. The lowest BCUT2D eigenvalue weighted by Crippen LogP contribution is -2.45. The number of amides is 1. The van der Waals surface area contributed by atoms with Gasteiger partial charge in [-0.05, 0) is 25.2 Å². The maximum atomic E-state index is 12.5. The van der Waals surface area contributed by atoms with Crippen molar-refractivity contribution in [2.75, 3.05) is 50.2 Å². The summed E-state index contributed by atoms with van der Waals surface area (Å²) in [5, 5.41) is 2.83. The van der Waals surface area contributed by atoms with Crippen molar-refractivity contribution in [3.05, 3.63) is 36.2 Å². The van der Waals surface area contributed by atoms with Gasteiger partial charge in [0, 0.05) is 44.1 Å². The highest BCUT2D eigenvalue weighted by Gasteiger charge is 2.19. The van der Waals surface area contributed by atoms with Crippen molar-refractivity contribution in [1.82, 2.24) is 14.9 Å². The van der Waals surface area contributed by atoms with Gasteiger partial charge in [-0.25, -0.2) is 9.97 Å². The molecule has 8 heteroatoms. The highest BCUT2D eigenvalue weighted by molar-refractivity contribution is 6.03. The summed E-state index contributed by atoms with van der Waals surface area (Å²) in [6.45, 7) is 3.81. The Kier molecular flexibility index (Phi) is 4.10. The van der Waals surface area contributed by atoms with Crippen molar-refractivity contribution in [3.63, 3.8) is 0 Å². The molecule has 0 spiro atoms. The zero-order valence-electron chi connectivity index (χ0n) is 13.9. The molecule has 2 aliphatic heterocycles. The van der Waals surface area contributed by atoms with Crippen LogP contribution in [0.1, 0.15) is 10.5 Å². The topological polar surface area (TPSA) is 79.8 Å². The van der Waals surface area contributed by atoms with Crippen molar-refractivity contribution in [2.45, 2.75) is 0 Å². The Balaban J connectivity index is 1.48. The number of fused-ring (bicyclic) bond motifs is 1. The molecule has 2 aliphatic rings. The van der Waals surface area contributed by atoms with Crippen LogP contribution in [0, 0.1) is 0 Å². The highest BCUT2D eigenvalue weighted by Crippen LogP contribution is 2.34. The Morgan fingerprint density at radius 2 is 1.92 bits per heavy atom. The van der Waals surface area contributed by atoms with Crippen molar-refractivity contribution < 1.29 is 14.3 Å². The standard InChI is InChI=1S/C17H19N5O3/c1-21-6-8-22(9-7-21)17-18-5-4-13(20-17)16(23)19-12-2-3-14-15(10-12)25-11-24-14/h2-5,10H,6-9,11H2,1H3,(H,19,23). The minimum absolute atomic E-state index is 0.201. The molecule has 1 fully saturated rings. The number of nitrogens with zero attached hydrogens (tertiary/aromatic N) is 4. The van der Waals surface area contributed by atoms with Gasteiger partial charge in [-0.2, -0.15) is 0 Å². The molecule has 1 saturated heterocycles. The summed E-state index contributed by atoms with van der Waals surface area (Å²) >= 11 is 0. The smallest absolute Gasteiger partial charge is 0.274 e. The average molecular weight is 341 g/mol. The van der Waals surface area contributed by atoms with Crippen LogP contribution in [0.3, 0.4) is 0 Å². The first-order chi connectivity index (χ1) is 12.2. The predicted octanol–water partition coefficient (Wildman–Crippen LogP) is 1.21. The normalized spacial score (nSPS) is 16.8. The lowest BCUT2D eigenvalue weighted by atomic mass is 10.2. The molecule has 3 heterocycles. The third kappa shape index (κ3) is 3.34. The Labute approximate surface area is 145 Å². The van der Waals surface area contributed by atoms with Crippen LogP contribution in [0.25, 0.3) is 0 Å². The third-order valence-corrected chi connectivity index (χ3v) is 4.29. The molecular formula is C17H19N5O3. The molecule has 0 bridgehead atoms. The highest BCUT2D eigenvalue weighted by atomic mass is 16.7. The Morgan fingerprint density at radius 3 is 2.76 bits per heavy atom. The minimum Gasteiger partial charge on any atom is -0.454 e. The van der Waals surface area contributed by atoms with E-state index in [-0.39, 0.29) is 12.7 Å². The van der Waals surface area contributed by atoms with Crippen molar-refractivity contribution in [1.29, 1.82) is 0 Å². The summed E-state index contributed by atoms with van der Waals surface area (Å²) in [6.07, 6.45) is 1.62. The van der Waals surface area contributed by atoms with Crippen LogP contribution in [0.2, 0.25) is 0 Å². The van der Waals surface area contributed by atoms with Crippen molar-refractivity contribution >= 4 is 17.5 Å². The number of hydrogen-bond acceptors (Lipinski definition) is 7. The van der Waals surface area contributed by atoms with E-state index in [1.165, 1.54) is 0 Å². The Bertz CT molecular complexity index is 790. The molecule has 2 aromatic rings. The summed E-state index contributed by atoms with van der Waals surface area (Å²) in [5.41, 5.74) is 0.968. The van der Waals surface area contributed by atoms with Gasteiger partial charge in [0.1, 0.15) is 5.69 Å². The summed E-state index contributed by atoms with van der Waals surface area (Å²) in [5.74, 6) is 1.61. The minimum atomic E-state index is -0.281. The summed E-state index contributed by atoms with van der Waals surface area (Å²) < 4.78 is 10.6. The van der Waals surface area contributed by atoms with Gasteiger partial charge in [0.25, 0.3) is 5.91 Å². The van der Waals surface area contributed by atoms with Gasteiger partial charge in [-0.3, -0.25) is 4.79 Å². The predicted molar refractivity (Wildman–Crippen MR) is 92.3 cm³/mol. The second-order valence-corrected chi connectivity index (χ2v) is 6.05. The summed E-state index contributed by atoms with van der Waals surface area (Å²) in [7, 11) is 2.09. The number of likely N-dealkylation sites (N-methyl/N-ethyl adjacent to an activating group) is 1. The number of piperazine rings is 1. The Hall–Kier alpha value is -2.87. The van der Waals surface area contributed by atoms with Crippen LogP contribution < -0.4 is 19.7 Å². The molecule has 1 aromatic carbocycles. The lowest BCUT2D eigenvalue weighted by molar-refractivity contribution is 0.102. The van der Waals surface area contributed by atoms with Crippen LogP contribution in [0.5, 0.6) is 11.5 Å². The first-order valence-electron chi connectivity index (χ1n) is 8.16. The van der Waals surface area contributed by atoms with E-state index in [0.29, 0.717) is 28.8 Å². The van der Waals surface area contributed by atoms with E-state index in [1.54, 1.807) is 30.5 Å². The number of hydrogen-bond donors (Lipinski definition) is 1. The van der Waals surface area contributed by atoms with Crippen LogP contribution in [-0.2, 0) is 0 Å². The number of carbonyl (C=O) groups excluding carboxylic acids is 1. The van der Waals surface area contributed by atoms with E-state index in [0.717, 1.165) is 26.2 Å². The number of rotatable bonds is 3. The fourth-order valence-electron chi connectivity index (χ4n) is 2.80. The van der Waals surface area contributed by atoms with Crippen molar-refractivity contribution in [2.24, 2.45) is 0 Å². The number of ether oxygens (including phenoxy) is 2. The van der Waals surface area contributed by atoms with Gasteiger partial charge >= 0.3 is 0 Å². The van der Waals surface area contributed by atoms with Gasteiger partial charge in [-0.15, -0.1) is 0 Å². The number of aromatic nitrogens is 2. The number of anilines is 2. The second-order valence-electron chi connectivity index (χ2n) is 6.05. The van der Waals surface area contributed by atoms with Gasteiger partial charge in [0.2, 0.25) is 12.7 Å². The average Bonchev–Trinajstić information content (AvgIpc) is 3.10. The molecule has 1 amide bonds. The van der Waals surface area contributed by atoms with Gasteiger partial charge < -0.3 is 24.6 Å². The molecule has 0 saturated carbocycles. The number of carbonyl (C=O) groups is 1. The van der Waals surface area contributed by atoms with Crippen molar-refractivity contribution in [3.8, 4) is 11.5 Å². The van der Waals surface area contributed by atoms with Gasteiger partial charge in [0.15, 0.2) is 11.5 Å². The molecule has 0 unspecified atom stereocenters. The van der Waals surface area contributed by atoms with Gasteiger partial charge in [-0.1, -0.05) is 0 Å². The zero-order valence-corrected chi connectivity index (χ0v) is 13.9. The van der Waals surface area contributed by atoms with Crippen LogP contribution >= 0.6 is 0 Å². The molecule has 0 radical (unpaired) electrons. The molecule has 0 atom stereocenters. The monoisotopic (exact) mass is 341 g/mol. The zero-order chi connectivity index (χ0) is 17.2. The van der Waals surface area contributed by atoms with Crippen LogP contribution in [0.4, 0.5) is 11.6 Å². The molecule has 0 aliphatic carbocycles. The fourth-order valence-corrected chi connectivity index (χ4v) is 2.80. The molecule has 8 nitrogen and oxygen atoms in total. The SMILES string of the molecule is CN1CCN(c2nccc(C(=O)Nc3ccc4c(c3)OCO4)n2)CC1. The maximum Gasteiger partial charge on any atom is 0.274 e. The van der Waals surface area contributed by atoms with Crippen LogP contribution in [0.15, 0.2) is 30.5 Å². The number of nitrogens with one attached hydrogen (secondary N) is 1. The molecule has 1 aromatic heterocycles. The largest absolute Gasteiger partial charge is 0.454 e. The molecule has 4 rings (SSSR count). The summed E-state index contributed by atoms with van der Waals surface area (Å²) in [6, 6.07) is 6.90. The quantitative estimate of drug-likeness (QED) is 0.899. The maximum absolute atomic E-state index is 12.5. The van der Waals surface area contributed by atoms with Gasteiger partial charge in [0.05, 0.1) is 0 Å². The first kappa shape index (κ1) is 15.6. The molecule has 25 heavy (non-hydrogen) atoms. The van der Waals surface area contributed by atoms with E-state index in [2.05, 4.69) is 32.1 Å². The molecular weight excluding hydrogens is 322 g/mol. The molecule has 1 N–H and O–H groups in total. The number of benzene rings is 1. The third-order valence-electron chi connectivity index (χ3n) is 4.29. The van der Waals surface area contributed by atoms with E-state index in [1.807, 2.05) is 0 Å². The second kappa shape index (κ2) is 6.56. The summed E-state index contributed by atoms with van der Waals surface area (Å²) in [4.78, 5) is 25.6. The van der Waals surface area contributed by atoms with E-state index in [9.17, 15) is 4.79 Å². The molecule has 130 valence electrons. The lowest BCUT2D eigenvalue weighted by Gasteiger charge is -2.32. The Morgan fingerprint density at radius 1 is 1.12 bits per heavy atom.